The normalized spacial score (nSPS) is 18.3. The van der Waals surface area contributed by atoms with Gasteiger partial charge in [-0.2, -0.15) is 4.31 Å². The van der Waals surface area contributed by atoms with E-state index < -0.39 is 21.7 Å². The Hall–Kier alpha value is -2.63. The molecule has 1 N–H and O–H groups in total. The number of benzene rings is 1. The molecule has 11 heteroatoms. The van der Waals surface area contributed by atoms with E-state index in [1.54, 1.807) is 18.3 Å². The number of hydrogen-bond acceptors (Lipinski definition) is 6. The first-order valence-corrected chi connectivity index (χ1v) is 12.3. The summed E-state index contributed by atoms with van der Waals surface area (Å²) in [7, 11) is -3.71. The lowest BCUT2D eigenvalue weighted by Gasteiger charge is -2.34. The van der Waals surface area contributed by atoms with E-state index in [-0.39, 0.29) is 23.3 Å². The fourth-order valence-electron chi connectivity index (χ4n) is 4.15. The molecule has 2 aromatic rings. The Morgan fingerprint density at radius 1 is 1.09 bits per heavy atom. The van der Waals surface area contributed by atoms with Crippen LogP contribution in [0.4, 0.5) is 14.6 Å². The minimum Gasteiger partial charge on any atom is -0.379 e. The van der Waals surface area contributed by atoms with E-state index in [0.29, 0.717) is 63.6 Å². The second kappa shape index (κ2) is 10.1. The molecule has 2 aliphatic rings. The smallest absolute Gasteiger partial charge is 0.246 e. The first-order chi connectivity index (χ1) is 15.8. The van der Waals surface area contributed by atoms with Crippen LogP contribution in [0.5, 0.6) is 0 Å². The van der Waals surface area contributed by atoms with Crippen LogP contribution < -0.4 is 10.2 Å². The summed E-state index contributed by atoms with van der Waals surface area (Å²) in [5, 5.41) is 2.74. The van der Waals surface area contributed by atoms with E-state index in [1.165, 1.54) is 16.4 Å². The van der Waals surface area contributed by atoms with Crippen molar-refractivity contribution >= 4 is 21.7 Å². The van der Waals surface area contributed by atoms with Crippen molar-refractivity contribution in [2.75, 3.05) is 44.3 Å². The molecule has 0 atom stereocenters. The van der Waals surface area contributed by atoms with Crippen molar-refractivity contribution in [1.29, 1.82) is 0 Å². The molecule has 4 rings (SSSR count). The van der Waals surface area contributed by atoms with Crippen LogP contribution in [0.3, 0.4) is 0 Å². The van der Waals surface area contributed by atoms with Gasteiger partial charge in [0.05, 0.1) is 13.2 Å². The van der Waals surface area contributed by atoms with Gasteiger partial charge in [-0.1, -0.05) is 0 Å². The fraction of sp³-hybridized carbons (Fsp3) is 0.455. The van der Waals surface area contributed by atoms with Crippen LogP contribution in [0.2, 0.25) is 0 Å². The number of morpholine rings is 1. The van der Waals surface area contributed by atoms with Crippen molar-refractivity contribution < 1.29 is 26.7 Å². The number of hydrogen-bond donors (Lipinski definition) is 1. The quantitative estimate of drug-likeness (QED) is 0.679. The number of rotatable bonds is 6. The Kier molecular flexibility index (Phi) is 7.20. The number of carbonyl (C=O) groups is 1. The van der Waals surface area contributed by atoms with Crippen molar-refractivity contribution in [3.63, 3.8) is 0 Å². The highest BCUT2D eigenvalue weighted by Gasteiger charge is 2.33. The number of pyridine rings is 1. The molecule has 2 fully saturated rings. The SMILES string of the molecule is O=C(NCc1cc(F)cc(F)c1)C1CCN(c2ncccc2S(=O)(=O)N2CCOCC2)CC1. The highest BCUT2D eigenvalue weighted by molar-refractivity contribution is 7.89. The molecule has 178 valence electrons. The fourth-order valence-corrected chi connectivity index (χ4v) is 5.72. The zero-order chi connectivity index (χ0) is 23.4. The molecule has 0 spiro atoms. The van der Waals surface area contributed by atoms with Crippen LogP contribution >= 0.6 is 0 Å². The molecule has 1 aromatic heterocycles. The third kappa shape index (κ3) is 5.48. The third-order valence-electron chi connectivity index (χ3n) is 5.89. The summed E-state index contributed by atoms with van der Waals surface area (Å²) in [5.74, 6) is -1.46. The maximum atomic E-state index is 13.3. The van der Waals surface area contributed by atoms with Gasteiger partial charge in [-0.15, -0.1) is 0 Å². The topological polar surface area (TPSA) is 91.8 Å². The minimum absolute atomic E-state index is 0.0376. The van der Waals surface area contributed by atoms with Crippen LogP contribution in [-0.4, -0.2) is 63.0 Å². The van der Waals surface area contributed by atoms with Crippen LogP contribution in [0.1, 0.15) is 18.4 Å². The van der Waals surface area contributed by atoms with Crippen molar-refractivity contribution in [1.82, 2.24) is 14.6 Å². The summed E-state index contributed by atoms with van der Waals surface area (Å²) in [4.78, 5) is 19.0. The van der Waals surface area contributed by atoms with Gasteiger partial charge in [-0.3, -0.25) is 4.79 Å². The monoisotopic (exact) mass is 480 g/mol. The number of amides is 1. The zero-order valence-electron chi connectivity index (χ0n) is 18.0. The molecule has 2 aliphatic heterocycles. The molecule has 0 radical (unpaired) electrons. The maximum Gasteiger partial charge on any atom is 0.246 e. The molecular formula is C22H26F2N4O4S. The number of halogens is 2. The van der Waals surface area contributed by atoms with E-state index in [2.05, 4.69) is 10.3 Å². The van der Waals surface area contributed by atoms with Gasteiger partial charge < -0.3 is 15.0 Å². The van der Waals surface area contributed by atoms with Gasteiger partial charge in [0.2, 0.25) is 15.9 Å². The number of carbonyl (C=O) groups excluding carboxylic acids is 1. The number of nitrogens with zero attached hydrogens (tertiary/aromatic N) is 3. The summed E-state index contributed by atoms with van der Waals surface area (Å²) in [6.45, 7) is 2.29. The van der Waals surface area contributed by atoms with E-state index in [9.17, 15) is 22.0 Å². The average molecular weight is 481 g/mol. The summed E-state index contributed by atoms with van der Waals surface area (Å²) >= 11 is 0. The molecule has 8 nitrogen and oxygen atoms in total. The van der Waals surface area contributed by atoms with Gasteiger partial charge in [0.1, 0.15) is 22.3 Å². The first kappa shape index (κ1) is 23.5. The lowest BCUT2D eigenvalue weighted by atomic mass is 9.96. The molecule has 33 heavy (non-hydrogen) atoms. The van der Waals surface area contributed by atoms with Gasteiger partial charge in [0, 0.05) is 50.9 Å². The zero-order valence-corrected chi connectivity index (χ0v) is 18.9. The molecule has 1 amide bonds. The number of anilines is 1. The largest absolute Gasteiger partial charge is 0.379 e. The van der Waals surface area contributed by atoms with Gasteiger partial charge in [0.15, 0.2) is 0 Å². The standard InChI is InChI=1S/C22H26F2N4O4S/c23-18-12-16(13-19(24)14-18)15-26-22(29)17-3-6-27(7-4-17)21-20(2-1-5-25-21)33(30,31)28-8-10-32-11-9-28/h1-2,5,12-14,17H,3-4,6-11,15H2,(H,26,29). The second-order valence-electron chi connectivity index (χ2n) is 8.10. The molecule has 0 saturated carbocycles. The predicted molar refractivity (Wildman–Crippen MR) is 117 cm³/mol. The Morgan fingerprint density at radius 3 is 2.42 bits per heavy atom. The average Bonchev–Trinajstić information content (AvgIpc) is 2.82. The lowest BCUT2D eigenvalue weighted by Crippen LogP contribution is -2.43. The number of ether oxygens (including phenoxy) is 1. The van der Waals surface area contributed by atoms with Crippen LogP contribution in [-0.2, 0) is 26.1 Å². The van der Waals surface area contributed by atoms with Gasteiger partial charge >= 0.3 is 0 Å². The number of sulfonamides is 1. The lowest BCUT2D eigenvalue weighted by molar-refractivity contribution is -0.125. The van der Waals surface area contributed by atoms with Gasteiger partial charge in [0.25, 0.3) is 0 Å². The number of nitrogens with one attached hydrogen (secondary N) is 1. The van der Waals surface area contributed by atoms with E-state index in [0.717, 1.165) is 6.07 Å². The Balaban J connectivity index is 1.38. The summed E-state index contributed by atoms with van der Waals surface area (Å²) < 4.78 is 59.7. The summed E-state index contributed by atoms with van der Waals surface area (Å²) in [6.07, 6.45) is 2.58. The predicted octanol–water partition coefficient (Wildman–Crippen LogP) is 1.91. The molecule has 3 heterocycles. The summed E-state index contributed by atoms with van der Waals surface area (Å²) in [6, 6.07) is 6.31. The number of aromatic nitrogens is 1. The molecule has 2 saturated heterocycles. The van der Waals surface area contributed by atoms with Crippen LogP contribution in [0.25, 0.3) is 0 Å². The van der Waals surface area contributed by atoms with E-state index >= 15 is 0 Å². The van der Waals surface area contributed by atoms with Crippen molar-refractivity contribution in [3.8, 4) is 0 Å². The molecule has 0 unspecified atom stereocenters. The van der Waals surface area contributed by atoms with E-state index in [4.69, 9.17) is 4.74 Å². The van der Waals surface area contributed by atoms with Gasteiger partial charge in [-0.25, -0.2) is 22.2 Å². The van der Waals surface area contributed by atoms with E-state index in [1.807, 2.05) is 4.90 Å². The summed E-state index contributed by atoms with van der Waals surface area (Å²) in [5.41, 5.74) is 0.352. The first-order valence-electron chi connectivity index (χ1n) is 10.8. The highest BCUT2D eigenvalue weighted by atomic mass is 32.2. The Bertz CT molecular complexity index is 1080. The molecule has 0 aliphatic carbocycles. The van der Waals surface area contributed by atoms with Crippen LogP contribution in [0.15, 0.2) is 41.4 Å². The maximum absolute atomic E-state index is 13.3. The minimum atomic E-state index is -3.71. The molecule has 0 bridgehead atoms. The second-order valence-corrected chi connectivity index (χ2v) is 10.0. The highest BCUT2D eigenvalue weighted by Crippen LogP contribution is 2.29. The van der Waals surface area contributed by atoms with Crippen molar-refractivity contribution in [3.05, 3.63) is 53.7 Å². The number of piperidine rings is 1. The van der Waals surface area contributed by atoms with Crippen molar-refractivity contribution in [2.45, 2.75) is 24.3 Å². The Labute approximate surface area is 191 Å². The molecule has 1 aromatic carbocycles. The molecular weight excluding hydrogens is 454 g/mol. The van der Waals surface area contributed by atoms with Crippen LogP contribution in [0, 0.1) is 17.6 Å². The van der Waals surface area contributed by atoms with Gasteiger partial charge in [-0.05, 0) is 42.7 Å². The Morgan fingerprint density at radius 2 is 1.76 bits per heavy atom. The van der Waals surface area contributed by atoms with Crippen molar-refractivity contribution in [2.24, 2.45) is 5.92 Å². The third-order valence-corrected chi connectivity index (χ3v) is 7.81.